The van der Waals surface area contributed by atoms with Crippen LogP contribution in [0.15, 0.2) is 42.7 Å². The number of fused-ring (bicyclic) bond motifs is 1. The fourth-order valence-corrected chi connectivity index (χ4v) is 2.49. The second-order valence-corrected chi connectivity index (χ2v) is 5.76. The zero-order valence-corrected chi connectivity index (χ0v) is 13.4. The highest BCUT2D eigenvalue weighted by Crippen LogP contribution is 2.22. The van der Waals surface area contributed by atoms with Crippen molar-refractivity contribution in [1.82, 2.24) is 9.38 Å². The molecule has 1 N–H and O–H groups in total. The third-order valence-corrected chi connectivity index (χ3v) is 3.74. The molecule has 0 spiro atoms. The molecule has 0 saturated carbocycles. The standard InChI is InChI=1S/C16H13ClN4O3/c1-10-2-4-13(21(23)24)7-14(10)19-16(22)6-12-9-20-8-11(17)3-5-15(20)18-12/h2-5,7-9H,6H2,1H3,(H,19,22). The number of nitro groups is 1. The van der Waals surface area contributed by atoms with E-state index in [0.29, 0.717) is 22.1 Å². The van der Waals surface area contributed by atoms with E-state index >= 15 is 0 Å². The SMILES string of the molecule is Cc1ccc([N+](=O)[O-])cc1NC(=O)Cc1cn2cc(Cl)ccc2n1. The van der Waals surface area contributed by atoms with Gasteiger partial charge in [-0.3, -0.25) is 14.9 Å². The van der Waals surface area contributed by atoms with Gasteiger partial charge in [0.1, 0.15) is 5.65 Å². The molecular formula is C16H13ClN4O3. The maximum atomic E-state index is 12.2. The summed E-state index contributed by atoms with van der Waals surface area (Å²) in [6.45, 7) is 1.77. The second-order valence-electron chi connectivity index (χ2n) is 5.33. The summed E-state index contributed by atoms with van der Waals surface area (Å²) < 4.78 is 1.74. The van der Waals surface area contributed by atoms with Crippen molar-refractivity contribution in [3.8, 4) is 0 Å². The van der Waals surface area contributed by atoms with Gasteiger partial charge in [0, 0.05) is 24.5 Å². The number of nitrogens with one attached hydrogen (secondary N) is 1. The lowest BCUT2D eigenvalue weighted by Crippen LogP contribution is -2.15. The van der Waals surface area contributed by atoms with Gasteiger partial charge < -0.3 is 9.72 Å². The second kappa shape index (κ2) is 6.29. The fraction of sp³-hybridized carbons (Fsp3) is 0.125. The minimum absolute atomic E-state index is 0.0570. The molecule has 2 heterocycles. The molecular weight excluding hydrogens is 332 g/mol. The smallest absolute Gasteiger partial charge is 0.271 e. The normalized spacial score (nSPS) is 10.8. The lowest BCUT2D eigenvalue weighted by atomic mass is 10.1. The monoisotopic (exact) mass is 344 g/mol. The van der Waals surface area contributed by atoms with Gasteiger partial charge in [-0.05, 0) is 24.6 Å². The van der Waals surface area contributed by atoms with Crippen LogP contribution in [0.5, 0.6) is 0 Å². The van der Waals surface area contributed by atoms with Crippen molar-refractivity contribution < 1.29 is 9.72 Å². The first-order chi connectivity index (χ1) is 11.4. The first-order valence-electron chi connectivity index (χ1n) is 7.10. The molecule has 3 rings (SSSR count). The van der Waals surface area contributed by atoms with E-state index in [1.54, 1.807) is 41.9 Å². The quantitative estimate of drug-likeness (QED) is 0.580. The molecule has 0 aliphatic rings. The van der Waals surface area contributed by atoms with E-state index in [0.717, 1.165) is 5.56 Å². The van der Waals surface area contributed by atoms with Crippen LogP contribution in [-0.2, 0) is 11.2 Å². The number of amides is 1. The number of hydrogen-bond acceptors (Lipinski definition) is 4. The Morgan fingerprint density at radius 3 is 2.88 bits per heavy atom. The Balaban J connectivity index is 1.77. The predicted molar refractivity (Wildman–Crippen MR) is 90.4 cm³/mol. The number of non-ortho nitro benzene ring substituents is 1. The number of nitro benzene ring substituents is 1. The fourth-order valence-electron chi connectivity index (χ4n) is 2.32. The van der Waals surface area contributed by atoms with Crippen LogP contribution in [-0.4, -0.2) is 20.2 Å². The average molecular weight is 345 g/mol. The van der Waals surface area contributed by atoms with Crippen LogP contribution in [0.4, 0.5) is 11.4 Å². The highest BCUT2D eigenvalue weighted by atomic mass is 35.5. The third kappa shape index (κ3) is 3.36. The highest BCUT2D eigenvalue weighted by molar-refractivity contribution is 6.30. The summed E-state index contributed by atoms with van der Waals surface area (Å²) in [5.74, 6) is -0.298. The summed E-state index contributed by atoms with van der Waals surface area (Å²) in [5.41, 5.74) is 2.36. The molecule has 24 heavy (non-hydrogen) atoms. The first-order valence-corrected chi connectivity index (χ1v) is 7.48. The van der Waals surface area contributed by atoms with Gasteiger partial charge in [0.2, 0.25) is 5.91 Å². The molecule has 0 radical (unpaired) electrons. The topological polar surface area (TPSA) is 89.5 Å². The van der Waals surface area contributed by atoms with Crippen LogP contribution in [0.1, 0.15) is 11.3 Å². The van der Waals surface area contributed by atoms with Crippen LogP contribution in [0.3, 0.4) is 0 Å². The summed E-state index contributed by atoms with van der Waals surface area (Å²) in [6, 6.07) is 7.82. The Morgan fingerprint density at radius 2 is 2.12 bits per heavy atom. The average Bonchev–Trinajstić information content (AvgIpc) is 2.90. The Kier molecular flexibility index (Phi) is 4.18. The summed E-state index contributed by atoms with van der Waals surface area (Å²) in [4.78, 5) is 26.9. The molecule has 0 unspecified atom stereocenters. The number of aryl methyl sites for hydroxylation is 1. The molecule has 0 atom stereocenters. The van der Waals surface area contributed by atoms with Gasteiger partial charge in [-0.1, -0.05) is 17.7 Å². The highest BCUT2D eigenvalue weighted by Gasteiger charge is 2.13. The number of anilines is 1. The van der Waals surface area contributed by atoms with E-state index in [4.69, 9.17) is 11.6 Å². The van der Waals surface area contributed by atoms with Gasteiger partial charge in [-0.15, -0.1) is 0 Å². The lowest BCUT2D eigenvalue weighted by molar-refractivity contribution is -0.384. The number of imidazole rings is 1. The van der Waals surface area contributed by atoms with E-state index in [1.807, 2.05) is 0 Å². The zero-order chi connectivity index (χ0) is 17.3. The van der Waals surface area contributed by atoms with Crippen molar-refractivity contribution in [2.45, 2.75) is 13.3 Å². The van der Waals surface area contributed by atoms with Crippen molar-refractivity contribution in [2.75, 3.05) is 5.32 Å². The number of carbonyl (C=O) groups is 1. The summed E-state index contributed by atoms with van der Waals surface area (Å²) in [5, 5.41) is 14.1. The Hall–Kier alpha value is -2.93. The molecule has 1 aromatic carbocycles. The number of carbonyl (C=O) groups excluding carboxylic acids is 1. The minimum atomic E-state index is -0.499. The zero-order valence-electron chi connectivity index (χ0n) is 12.7. The number of halogens is 1. The number of aromatic nitrogens is 2. The first kappa shape index (κ1) is 15.9. The summed E-state index contributed by atoms with van der Waals surface area (Å²) >= 11 is 5.92. The molecule has 0 fully saturated rings. The molecule has 1 amide bonds. The molecule has 7 nitrogen and oxygen atoms in total. The molecule has 122 valence electrons. The molecule has 0 saturated heterocycles. The molecule has 8 heteroatoms. The van der Waals surface area contributed by atoms with Crippen LogP contribution in [0.2, 0.25) is 5.02 Å². The minimum Gasteiger partial charge on any atom is -0.325 e. The number of rotatable bonds is 4. The summed E-state index contributed by atoms with van der Waals surface area (Å²) in [7, 11) is 0. The van der Waals surface area contributed by atoms with Gasteiger partial charge in [0.05, 0.1) is 27.7 Å². The maximum Gasteiger partial charge on any atom is 0.271 e. The van der Waals surface area contributed by atoms with Crippen molar-refractivity contribution in [3.63, 3.8) is 0 Å². The molecule has 0 bridgehead atoms. The molecule has 3 aromatic rings. The van der Waals surface area contributed by atoms with Crippen molar-refractivity contribution in [1.29, 1.82) is 0 Å². The van der Waals surface area contributed by atoms with E-state index in [2.05, 4.69) is 10.3 Å². The number of hydrogen-bond donors (Lipinski definition) is 1. The van der Waals surface area contributed by atoms with E-state index in [9.17, 15) is 14.9 Å². The maximum absolute atomic E-state index is 12.2. The van der Waals surface area contributed by atoms with Gasteiger partial charge in [0.25, 0.3) is 5.69 Å². The third-order valence-electron chi connectivity index (χ3n) is 3.51. The van der Waals surface area contributed by atoms with Gasteiger partial charge >= 0.3 is 0 Å². The summed E-state index contributed by atoms with van der Waals surface area (Å²) in [6.07, 6.45) is 3.48. The van der Waals surface area contributed by atoms with Gasteiger partial charge in [-0.25, -0.2) is 4.98 Å². The molecule has 2 aromatic heterocycles. The number of pyridine rings is 1. The van der Waals surface area contributed by atoms with Gasteiger partial charge in [0.15, 0.2) is 0 Å². The largest absolute Gasteiger partial charge is 0.325 e. The van der Waals surface area contributed by atoms with Gasteiger partial charge in [-0.2, -0.15) is 0 Å². The molecule has 0 aliphatic heterocycles. The van der Waals surface area contributed by atoms with Crippen molar-refractivity contribution in [2.24, 2.45) is 0 Å². The van der Waals surface area contributed by atoms with E-state index < -0.39 is 4.92 Å². The Morgan fingerprint density at radius 1 is 1.33 bits per heavy atom. The van der Waals surface area contributed by atoms with Crippen molar-refractivity contribution >= 4 is 34.5 Å². The van der Waals surface area contributed by atoms with Crippen LogP contribution in [0, 0.1) is 17.0 Å². The lowest BCUT2D eigenvalue weighted by Gasteiger charge is -2.07. The number of nitrogens with zero attached hydrogens (tertiary/aromatic N) is 3. The Labute approximate surface area is 142 Å². The van der Waals surface area contributed by atoms with E-state index in [-0.39, 0.29) is 18.0 Å². The van der Waals surface area contributed by atoms with Crippen LogP contribution in [0.25, 0.3) is 5.65 Å². The van der Waals surface area contributed by atoms with E-state index in [1.165, 1.54) is 12.1 Å². The predicted octanol–water partition coefficient (Wildman–Crippen LogP) is 3.39. The van der Waals surface area contributed by atoms with Crippen LogP contribution < -0.4 is 5.32 Å². The van der Waals surface area contributed by atoms with Crippen molar-refractivity contribution in [3.05, 3.63) is 69.1 Å². The Bertz CT molecular complexity index is 952. The number of benzene rings is 1. The molecule has 0 aliphatic carbocycles. The van der Waals surface area contributed by atoms with Crippen LogP contribution >= 0.6 is 11.6 Å².